The molecule has 2 unspecified atom stereocenters. The summed E-state index contributed by atoms with van der Waals surface area (Å²) in [6.45, 7) is 14.4. The normalized spacial score (nSPS) is 23.6. The van der Waals surface area contributed by atoms with Crippen molar-refractivity contribution in [1.29, 1.82) is 0 Å². The van der Waals surface area contributed by atoms with Crippen LogP contribution >= 0.6 is 0 Å². The summed E-state index contributed by atoms with van der Waals surface area (Å²) in [6.07, 6.45) is 7.92. The number of hydrogen-bond acceptors (Lipinski definition) is 5. The summed E-state index contributed by atoms with van der Waals surface area (Å²) in [7, 11) is 0. The smallest absolute Gasteiger partial charge is 0.410 e. The number of hydrazone groups is 1. The molecule has 0 radical (unpaired) electrons. The minimum absolute atomic E-state index is 0.122. The van der Waals surface area contributed by atoms with E-state index in [4.69, 9.17) is 4.74 Å². The average molecular weight is 332 g/mol. The van der Waals surface area contributed by atoms with Crippen molar-refractivity contribution in [1.82, 2.24) is 9.91 Å². The first-order valence-corrected chi connectivity index (χ1v) is 8.41. The van der Waals surface area contributed by atoms with E-state index in [-0.39, 0.29) is 18.2 Å². The summed E-state index contributed by atoms with van der Waals surface area (Å²) < 4.78 is 5.45. The van der Waals surface area contributed by atoms with E-state index < -0.39 is 5.60 Å². The zero-order chi connectivity index (χ0) is 17.7. The molecule has 0 saturated carbocycles. The minimum Gasteiger partial charge on any atom is -0.444 e. The van der Waals surface area contributed by atoms with E-state index in [1.165, 1.54) is 0 Å². The molecule has 2 atom stereocenters. The Balaban J connectivity index is 1.99. The van der Waals surface area contributed by atoms with Gasteiger partial charge in [0.25, 0.3) is 0 Å². The van der Waals surface area contributed by atoms with Crippen LogP contribution in [-0.4, -0.2) is 59.7 Å². The van der Waals surface area contributed by atoms with Gasteiger partial charge in [-0.25, -0.2) is 4.79 Å². The Kier molecular flexibility index (Phi) is 5.80. The molecule has 2 aliphatic rings. The quantitative estimate of drug-likeness (QED) is 0.441. The maximum absolute atomic E-state index is 12.2. The van der Waals surface area contributed by atoms with Crippen LogP contribution in [0, 0.1) is 0 Å². The number of allylic oxidation sites excluding steroid dienone is 1. The fourth-order valence-electron chi connectivity index (χ4n) is 2.99. The summed E-state index contributed by atoms with van der Waals surface area (Å²) >= 11 is 0. The number of likely N-dealkylation sites (tertiary alicyclic amines) is 1. The number of ether oxygens (including phenoxy) is 1. The van der Waals surface area contributed by atoms with Gasteiger partial charge in [-0.3, -0.25) is 10.0 Å². The molecule has 132 valence electrons. The highest BCUT2D eigenvalue weighted by molar-refractivity contribution is 5.73. The van der Waals surface area contributed by atoms with Gasteiger partial charge in [-0.05, 0) is 39.7 Å². The summed E-state index contributed by atoms with van der Waals surface area (Å²) in [4.78, 5) is 18.4. The van der Waals surface area contributed by atoms with E-state index >= 15 is 0 Å². The molecule has 0 N–H and O–H groups in total. The summed E-state index contributed by atoms with van der Waals surface area (Å²) in [5.74, 6) is 0. The van der Waals surface area contributed by atoms with Gasteiger partial charge in [-0.15, -0.1) is 6.58 Å². The van der Waals surface area contributed by atoms with Gasteiger partial charge in [0.2, 0.25) is 0 Å². The van der Waals surface area contributed by atoms with Crippen molar-refractivity contribution in [2.24, 2.45) is 10.1 Å². The maximum atomic E-state index is 12.2. The second-order valence-electron chi connectivity index (χ2n) is 7.19. The van der Waals surface area contributed by atoms with E-state index in [9.17, 15) is 4.79 Å². The molecule has 0 spiro atoms. The molecule has 1 saturated heterocycles. The van der Waals surface area contributed by atoms with Gasteiger partial charge >= 0.3 is 6.09 Å². The van der Waals surface area contributed by atoms with Crippen molar-refractivity contribution >= 4 is 19.0 Å². The molecule has 2 heterocycles. The molecule has 0 aromatic heterocycles. The van der Waals surface area contributed by atoms with E-state index in [0.717, 1.165) is 25.0 Å². The number of aliphatic imine (C=N–C) groups is 1. The lowest BCUT2D eigenvalue weighted by atomic mass is 10.0. The lowest BCUT2D eigenvalue weighted by Crippen LogP contribution is -2.39. The van der Waals surface area contributed by atoms with Crippen LogP contribution in [0.2, 0.25) is 0 Å². The highest BCUT2D eigenvalue weighted by atomic mass is 16.6. The third kappa shape index (κ3) is 4.69. The van der Waals surface area contributed by atoms with Crippen molar-refractivity contribution in [2.75, 3.05) is 13.1 Å². The van der Waals surface area contributed by atoms with Crippen molar-refractivity contribution in [2.45, 2.75) is 57.7 Å². The average Bonchev–Trinajstić information content (AvgIpc) is 2.97. The Labute approximate surface area is 144 Å². The van der Waals surface area contributed by atoms with Crippen LogP contribution in [0.4, 0.5) is 4.79 Å². The first-order valence-electron chi connectivity index (χ1n) is 8.41. The molecule has 2 aliphatic heterocycles. The second-order valence-corrected chi connectivity index (χ2v) is 7.19. The molecule has 0 aromatic carbocycles. The molecule has 6 heteroatoms. The van der Waals surface area contributed by atoms with E-state index in [1.807, 2.05) is 44.1 Å². The number of amides is 1. The SMILES string of the molecule is C=CCC1CC(N(N=C)C2CCN(C(=O)OC(C)(C)C)C2)=CC=N1. The van der Waals surface area contributed by atoms with E-state index in [0.29, 0.717) is 13.1 Å². The van der Waals surface area contributed by atoms with Gasteiger partial charge in [0.05, 0.1) is 12.1 Å². The number of dihydropyridines is 1. The predicted octanol–water partition coefficient (Wildman–Crippen LogP) is 3.22. The van der Waals surface area contributed by atoms with Gasteiger partial charge in [0.1, 0.15) is 5.60 Å². The van der Waals surface area contributed by atoms with Crippen LogP contribution in [-0.2, 0) is 4.74 Å². The van der Waals surface area contributed by atoms with Crippen molar-refractivity contribution in [3.63, 3.8) is 0 Å². The highest BCUT2D eigenvalue weighted by Crippen LogP contribution is 2.26. The predicted molar refractivity (Wildman–Crippen MR) is 97.4 cm³/mol. The fraction of sp³-hybridized carbons (Fsp3) is 0.611. The third-order valence-corrected chi connectivity index (χ3v) is 4.05. The van der Waals surface area contributed by atoms with Crippen LogP contribution < -0.4 is 0 Å². The number of carbonyl (C=O) groups is 1. The standard InChI is InChI=1S/C18H28N4O2/c1-6-7-14-12-15(8-10-20-14)22(19-5)16-9-11-21(13-16)17(23)24-18(2,3)4/h6,8,10,14,16H,1,5,7,9,11-13H2,2-4H3. The Hall–Kier alpha value is -2.11. The largest absolute Gasteiger partial charge is 0.444 e. The Bertz CT molecular complexity index is 548. The highest BCUT2D eigenvalue weighted by Gasteiger charge is 2.34. The molecule has 1 fully saturated rings. The monoisotopic (exact) mass is 332 g/mol. The zero-order valence-electron chi connectivity index (χ0n) is 14.9. The molecule has 2 rings (SSSR count). The van der Waals surface area contributed by atoms with Crippen molar-refractivity contribution < 1.29 is 9.53 Å². The first kappa shape index (κ1) is 18.2. The number of rotatable bonds is 5. The minimum atomic E-state index is -0.480. The molecule has 0 aromatic rings. The summed E-state index contributed by atoms with van der Waals surface area (Å²) in [5.41, 5.74) is 0.606. The van der Waals surface area contributed by atoms with Gasteiger partial charge in [0, 0.05) is 38.1 Å². The number of hydrogen-bond donors (Lipinski definition) is 0. The molecular formula is C18H28N4O2. The molecule has 0 bridgehead atoms. The van der Waals surface area contributed by atoms with Crippen molar-refractivity contribution in [3.8, 4) is 0 Å². The van der Waals surface area contributed by atoms with Gasteiger partial charge in [-0.2, -0.15) is 5.10 Å². The summed E-state index contributed by atoms with van der Waals surface area (Å²) in [5, 5.41) is 6.14. The van der Waals surface area contributed by atoms with Gasteiger partial charge in [-0.1, -0.05) is 6.08 Å². The fourth-order valence-corrected chi connectivity index (χ4v) is 2.99. The third-order valence-electron chi connectivity index (χ3n) is 4.05. The first-order chi connectivity index (χ1) is 11.3. The molecule has 6 nitrogen and oxygen atoms in total. The number of nitrogens with zero attached hydrogens (tertiary/aromatic N) is 4. The zero-order valence-corrected chi connectivity index (χ0v) is 14.9. The Morgan fingerprint density at radius 2 is 2.33 bits per heavy atom. The van der Waals surface area contributed by atoms with Crippen LogP contribution in [0.25, 0.3) is 0 Å². The number of carbonyl (C=O) groups excluding carboxylic acids is 1. The second kappa shape index (κ2) is 7.64. The van der Waals surface area contributed by atoms with E-state index in [1.54, 1.807) is 4.90 Å². The van der Waals surface area contributed by atoms with Gasteiger partial charge < -0.3 is 9.64 Å². The molecular weight excluding hydrogens is 304 g/mol. The topological polar surface area (TPSA) is 57.5 Å². The van der Waals surface area contributed by atoms with Crippen LogP contribution in [0.15, 0.2) is 34.5 Å². The lowest BCUT2D eigenvalue weighted by molar-refractivity contribution is 0.0283. The summed E-state index contributed by atoms with van der Waals surface area (Å²) in [6, 6.07) is 0.326. The molecule has 0 aliphatic carbocycles. The maximum Gasteiger partial charge on any atom is 0.410 e. The lowest BCUT2D eigenvalue weighted by Gasteiger charge is -2.31. The Morgan fingerprint density at radius 3 is 2.96 bits per heavy atom. The van der Waals surface area contributed by atoms with Crippen LogP contribution in [0.1, 0.15) is 40.0 Å². The Morgan fingerprint density at radius 1 is 1.58 bits per heavy atom. The van der Waals surface area contributed by atoms with Gasteiger partial charge in [0.15, 0.2) is 0 Å². The van der Waals surface area contributed by atoms with Crippen molar-refractivity contribution in [3.05, 3.63) is 24.4 Å². The van der Waals surface area contributed by atoms with E-state index in [2.05, 4.69) is 23.4 Å². The molecule has 1 amide bonds. The molecule has 24 heavy (non-hydrogen) atoms. The van der Waals surface area contributed by atoms with Crippen LogP contribution in [0.3, 0.4) is 0 Å². The van der Waals surface area contributed by atoms with Crippen LogP contribution in [0.5, 0.6) is 0 Å².